The zero-order chi connectivity index (χ0) is 12.6. The summed E-state index contributed by atoms with van der Waals surface area (Å²) in [5, 5.41) is 3.93. The van der Waals surface area contributed by atoms with Crippen molar-refractivity contribution >= 4 is 0 Å². The van der Waals surface area contributed by atoms with E-state index in [9.17, 15) is 0 Å². The summed E-state index contributed by atoms with van der Waals surface area (Å²) in [4.78, 5) is 2.76. The van der Waals surface area contributed by atoms with Crippen LogP contribution in [0.4, 0.5) is 0 Å². The van der Waals surface area contributed by atoms with Gasteiger partial charge in [0, 0.05) is 30.7 Å². The lowest BCUT2D eigenvalue weighted by atomic mass is 9.76. The third-order valence-corrected chi connectivity index (χ3v) is 5.62. The summed E-state index contributed by atoms with van der Waals surface area (Å²) in [6.07, 6.45) is 12.0. The van der Waals surface area contributed by atoms with E-state index in [4.69, 9.17) is 0 Å². The van der Waals surface area contributed by atoms with Gasteiger partial charge in [0.25, 0.3) is 0 Å². The highest BCUT2D eigenvalue weighted by Crippen LogP contribution is 2.45. The first-order chi connectivity index (χ1) is 8.69. The Morgan fingerprint density at radius 2 is 2.00 bits per heavy atom. The van der Waals surface area contributed by atoms with Crippen molar-refractivity contribution in [1.82, 2.24) is 10.2 Å². The molecule has 1 heterocycles. The molecular formula is C16H28N2. The van der Waals surface area contributed by atoms with Crippen molar-refractivity contribution in [3.63, 3.8) is 0 Å². The second kappa shape index (κ2) is 4.64. The summed E-state index contributed by atoms with van der Waals surface area (Å²) in [7, 11) is 0. The Morgan fingerprint density at radius 3 is 2.61 bits per heavy atom. The van der Waals surface area contributed by atoms with Crippen molar-refractivity contribution in [2.24, 2.45) is 5.92 Å². The van der Waals surface area contributed by atoms with Crippen molar-refractivity contribution in [3.05, 3.63) is 12.7 Å². The van der Waals surface area contributed by atoms with E-state index in [1.54, 1.807) is 0 Å². The topological polar surface area (TPSA) is 15.3 Å². The first-order valence-electron chi connectivity index (χ1n) is 7.80. The van der Waals surface area contributed by atoms with E-state index in [-0.39, 0.29) is 0 Å². The fourth-order valence-electron chi connectivity index (χ4n) is 4.21. The van der Waals surface area contributed by atoms with Crippen LogP contribution in [-0.4, -0.2) is 35.6 Å². The molecule has 1 aliphatic heterocycles. The van der Waals surface area contributed by atoms with Crippen molar-refractivity contribution in [1.29, 1.82) is 0 Å². The minimum atomic E-state index is 0.367. The van der Waals surface area contributed by atoms with Gasteiger partial charge < -0.3 is 5.32 Å². The molecule has 2 heteroatoms. The molecule has 0 aromatic rings. The Hall–Kier alpha value is -0.340. The van der Waals surface area contributed by atoms with E-state index in [1.165, 1.54) is 58.0 Å². The lowest BCUT2D eigenvalue weighted by Crippen LogP contribution is -2.70. The van der Waals surface area contributed by atoms with Gasteiger partial charge >= 0.3 is 0 Å². The van der Waals surface area contributed by atoms with Crippen LogP contribution in [0, 0.1) is 5.92 Å². The van der Waals surface area contributed by atoms with E-state index in [2.05, 4.69) is 29.8 Å². The van der Waals surface area contributed by atoms with Gasteiger partial charge in [0.15, 0.2) is 0 Å². The van der Waals surface area contributed by atoms with Crippen LogP contribution >= 0.6 is 0 Å². The van der Waals surface area contributed by atoms with Gasteiger partial charge in [-0.05, 0) is 38.5 Å². The molecule has 1 spiro atoms. The molecule has 1 atom stereocenters. The monoisotopic (exact) mass is 248 g/mol. The Kier molecular flexibility index (Phi) is 3.27. The lowest BCUT2D eigenvalue weighted by molar-refractivity contribution is -0.0123. The van der Waals surface area contributed by atoms with Gasteiger partial charge in [0.2, 0.25) is 0 Å². The molecule has 0 aromatic heterocycles. The summed E-state index contributed by atoms with van der Waals surface area (Å²) < 4.78 is 0. The van der Waals surface area contributed by atoms with Crippen molar-refractivity contribution in [2.75, 3.05) is 19.6 Å². The molecule has 2 nitrogen and oxygen atoms in total. The van der Waals surface area contributed by atoms with E-state index in [1.807, 2.05) is 0 Å². The van der Waals surface area contributed by atoms with E-state index < -0.39 is 0 Å². The molecule has 0 amide bonds. The smallest absolute Gasteiger partial charge is 0.0338 e. The highest BCUT2D eigenvalue weighted by Gasteiger charge is 2.50. The summed E-state index contributed by atoms with van der Waals surface area (Å²) in [5.41, 5.74) is 0.812. The second-order valence-electron chi connectivity index (χ2n) is 7.00. The molecule has 18 heavy (non-hydrogen) atoms. The predicted molar refractivity (Wildman–Crippen MR) is 76.7 cm³/mol. The molecule has 3 fully saturated rings. The number of piperazine rings is 1. The maximum atomic E-state index is 3.98. The molecule has 2 saturated carbocycles. The standard InChI is InChI=1S/C16H28N2/c1-3-11-18-13-15(2,14-7-8-14)17-12-16(18)9-5-4-6-10-16/h3,14,17H,1,4-13H2,2H3. The molecule has 0 bridgehead atoms. The van der Waals surface area contributed by atoms with E-state index in [0.29, 0.717) is 11.1 Å². The highest BCUT2D eigenvalue weighted by atomic mass is 15.3. The molecule has 3 aliphatic rings. The lowest BCUT2D eigenvalue weighted by Gasteiger charge is -2.55. The summed E-state index contributed by atoms with van der Waals surface area (Å²) >= 11 is 0. The molecule has 0 radical (unpaired) electrons. The van der Waals surface area contributed by atoms with Gasteiger partial charge in [-0.1, -0.05) is 25.3 Å². The normalized spacial score (nSPS) is 36.7. The predicted octanol–water partition coefficient (Wildman–Crippen LogP) is 2.95. The van der Waals surface area contributed by atoms with Crippen LogP contribution in [0.1, 0.15) is 51.9 Å². The van der Waals surface area contributed by atoms with Crippen LogP contribution in [0.15, 0.2) is 12.7 Å². The van der Waals surface area contributed by atoms with Crippen LogP contribution in [0.25, 0.3) is 0 Å². The van der Waals surface area contributed by atoms with Crippen molar-refractivity contribution in [3.8, 4) is 0 Å². The van der Waals surface area contributed by atoms with Gasteiger partial charge in [-0.2, -0.15) is 0 Å². The molecule has 0 aromatic carbocycles. The van der Waals surface area contributed by atoms with Gasteiger partial charge in [-0.25, -0.2) is 0 Å². The summed E-state index contributed by atoms with van der Waals surface area (Å²) in [5.74, 6) is 0.922. The molecule has 102 valence electrons. The average molecular weight is 248 g/mol. The number of nitrogens with zero attached hydrogens (tertiary/aromatic N) is 1. The number of rotatable bonds is 3. The average Bonchev–Trinajstić information content (AvgIpc) is 3.21. The summed E-state index contributed by atoms with van der Waals surface area (Å²) in [6.45, 7) is 9.92. The maximum absolute atomic E-state index is 3.98. The molecule has 3 rings (SSSR count). The molecule has 1 saturated heterocycles. The quantitative estimate of drug-likeness (QED) is 0.773. The highest BCUT2D eigenvalue weighted by molar-refractivity contribution is 5.10. The van der Waals surface area contributed by atoms with Crippen LogP contribution in [0.3, 0.4) is 0 Å². The number of hydrogen-bond acceptors (Lipinski definition) is 2. The van der Waals surface area contributed by atoms with Crippen molar-refractivity contribution < 1.29 is 0 Å². The van der Waals surface area contributed by atoms with Crippen LogP contribution in [0.5, 0.6) is 0 Å². The van der Waals surface area contributed by atoms with Gasteiger partial charge in [-0.3, -0.25) is 4.90 Å². The van der Waals surface area contributed by atoms with Gasteiger partial charge in [0.05, 0.1) is 0 Å². The fourth-order valence-corrected chi connectivity index (χ4v) is 4.21. The van der Waals surface area contributed by atoms with Gasteiger partial charge in [0.1, 0.15) is 0 Å². The minimum Gasteiger partial charge on any atom is -0.308 e. The van der Waals surface area contributed by atoms with Crippen LogP contribution < -0.4 is 5.32 Å². The molecule has 1 N–H and O–H groups in total. The first kappa shape index (κ1) is 12.7. The molecule has 1 unspecified atom stereocenters. The number of hydrogen-bond donors (Lipinski definition) is 1. The van der Waals surface area contributed by atoms with Crippen LogP contribution in [-0.2, 0) is 0 Å². The first-order valence-corrected chi connectivity index (χ1v) is 7.80. The third kappa shape index (κ3) is 2.14. The zero-order valence-corrected chi connectivity index (χ0v) is 11.9. The zero-order valence-electron chi connectivity index (χ0n) is 11.9. The van der Waals surface area contributed by atoms with E-state index in [0.717, 1.165) is 12.5 Å². The maximum Gasteiger partial charge on any atom is 0.0338 e. The SMILES string of the molecule is C=CCN1CC(C)(C2CC2)NCC12CCCCC2. The van der Waals surface area contributed by atoms with E-state index >= 15 is 0 Å². The fraction of sp³-hybridized carbons (Fsp3) is 0.875. The Bertz CT molecular complexity index is 315. The minimum absolute atomic E-state index is 0.367. The van der Waals surface area contributed by atoms with Crippen molar-refractivity contribution in [2.45, 2.75) is 62.9 Å². The second-order valence-corrected chi connectivity index (χ2v) is 7.00. The summed E-state index contributed by atoms with van der Waals surface area (Å²) in [6, 6.07) is 0. The van der Waals surface area contributed by atoms with Gasteiger partial charge in [-0.15, -0.1) is 6.58 Å². The Balaban J connectivity index is 1.77. The number of nitrogens with one attached hydrogen (secondary N) is 1. The Morgan fingerprint density at radius 1 is 1.28 bits per heavy atom. The van der Waals surface area contributed by atoms with Crippen LogP contribution in [0.2, 0.25) is 0 Å². The third-order valence-electron chi connectivity index (χ3n) is 5.62. The Labute approximate surface area is 112 Å². The largest absolute Gasteiger partial charge is 0.308 e. The molecule has 2 aliphatic carbocycles. The molecular weight excluding hydrogens is 220 g/mol.